The molecule has 26 heavy (non-hydrogen) atoms. The summed E-state index contributed by atoms with van der Waals surface area (Å²) in [6.45, 7) is 5.70. The molecule has 0 bridgehead atoms. The summed E-state index contributed by atoms with van der Waals surface area (Å²) < 4.78 is 19.9. The van der Waals surface area contributed by atoms with Gasteiger partial charge in [0.2, 0.25) is 0 Å². The molecule has 4 heterocycles. The van der Waals surface area contributed by atoms with Crippen LogP contribution >= 0.6 is 22.9 Å². The molecular formula is C19H20ClFN2O2S. The number of ether oxygens (including phenoxy) is 1. The summed E-state index contributed by atoms with van der Waals surface area (Å²) in [5.41, 5.74) is 1.29. The highest BCUT2D eigenvalue weighted by atomic mass is 35.5. The molecule has 4 rings (SSSR count). The van der Waals surface area contributed by atoms with E-state index < -0.39 is 11.7 Å². The Morgan fingerprint density at radius 3 is 3.12 bits per heavy atom. The van der Waals surface area contributed by atoms with Gasteiger partial charge in [0.05, 0.1) is 22.8 Å². The summed E-state index contributed by atoms with van der Waals surface area (Å²) in [4.78, 5) is 7.48. The second-order valence-corrected chi connectivity index (χ2v) is 8.53. The van der Waals surface area contributed by atoms with Crippen LogP contribution in [-0.4, -0.2) is 34.2 Å². The lowest BCUT2D eigenvalue weighted by molar-refractivity contribution is -0.136. The van der Waals surface area contributed by atoms with Crippen LogP contribution in [-0.2, 0) is 16.9 Å². The van der Waals surface area contributed by atoms with Crippen molar-refractivity contribution < 1.29 is 14.2 Å². The molecule has 1 spiro atoms. The first-order valence-electron chi connectivity index (χ1n) is 8.59. The number of thiophene rings is 1. The van der Waals surface area contributed by atoms with E-state index in [1.54, 1.807) is 6.07 Å². The fourth-order valence-corrected chi connectivity index (χ4v) is 5.38. The molecule has 0 aromatic carbocycles. The Balaban J connectivity index is 1.57. The molecule has 1 fully saturated rings. The molecule has 1 N–H and O–H groups in total. The Bertz CT molecular complexity index is 812. The summed E-state index contributed by atoms with van der Waals surface area (Å²) >= 11 is 7.71. The van der Waals surface area contributed by atoms with Crippen molar-refractivity contribution in [3.8, 4) is 0 Å². The summed E-state index contributed by atoms with van der Waals surface area (Å²) in [7, 11) is 0. The van der Waals surface area contributed by atoms with Crippen molar-refractivity contribution >= 4 is 22.9 Å². The number of aromatic nitrogens is 1. The first kappa shape index (κ1) is 18.1. The molecule has 3 atom stereocenters. The average molecular weight is 395 g/mol. The minimum atomic E-state index is -0.622. The first-order chi connectivity index (χ1) is 12.5. The second-order valence-electron chi connectivity index (χ2n) is 6.85. The molecule has 7 heteroatoms. The largest absolute Gasteiger partial charge is 0.386 e. The van der Waals surface area contributed by atoms with Gasteiger partial charge in [0.25, 0.3) is 0 Å². The van der Waals surface area contributed by atoms with E-state index in [0.29, 0.717) is 10.9 Å². The first-order valence-corrected chi connectivity index (χ1v) is 9.79. The van der Waals surface area contributed by atoms with Crippen molar-refractivity contribution in [3.63, 3.8) is 0 Å². The minimum absolute atomic E-state index is 0.0968. The van der Waals surface area contributed by atoms with Crippen molar-refractivity contribution in [1.82, 2.24) is 9.88 Å². The maximum Gasteiger partial charge on any atom is 0.141 e. The van der Waals surface area contributed by atoms with Gasteiger partial charge in [-0.3, -0.25) is 9.88 Å². The maximum atomic E-state index is 13.1. The highest BCUT2D eigenvalue weighted by Gasteiger charge is 2.47. The average Bonchev–Trinajstić information content (AvgIpc) is 3.05. The third-order valence-corrected chi connectivity index (χ3v) is 6.72. The van der Waals surface area contributed by atoms with Gasteiger partial charge < -0.3 is 9.84 Å². The second kappa shape index (κ2) is 7.02. The zero-order valence-corrected chi connectivity index (χ0v) is 15.8. The number of likely N-dealkylation sites (tertiary alicyclic amines) is 1. The quantitative estimate of drug-likeness (QED) is 0.798. The molecule has 2 aliphatic rings. The molecule has 0 amide bonds. The van der Waals surface area contributed by atoms with Crippen LogP contribution in [0.4, 0.5) is 4.39 Å². The Kier molecular flexibility index (Phi) is 4.88. The van der Waals surface area contributed by atoms with E-state index in [-0.39, 0.29) is 18.5 Å². The van der Waals surface area contributed by atoms with Gasteiger partial charge in [0, 0.05) is 36.0 Å². The Labute approximate surface area is 160 Å². The monoisotopic (exact) mass is 394 g/mol. The third-order valence-electron chi connectivity index (χ3n) is 5.26. The number of piperidine rings is 1. The van der Waals surface area contributed by atoms with Crippen LogP contribution < -0.4 is 0 Å². The van der Waals surface area contributed by atoms with Crippen LogP contribution in [0.25, 0.3) is 0 Å². The molecule has 2 aliphatic heterocycles. The summed E-state index contributed by atoms with van der Waals surface area (Å²) in [6.07, 6.45) is 4.09. The van der Waals surface area contributed by atoms with Gasteiger partial charge in [-0.15, -0.1) is 17.9 Å². The van der Waals surface area contributed by atoms with E-state index in [2.05, 4.69) is 16.5 Å². The van der Waals surface area contributed by atoms with Crippen molar-refractivity contribution in [3.05, 3.63) is 63.3 Å². The third kappa shape index (κ3) is 3.21. The Morgan fingerprint density at radius 2 is 2.38 bits per heavy atom. The van der Waals surface area contributed by atoms with Crippen LogP contribution in [0.2, 0.25) is 4.34 Å². The molecule has 4 nitrogen and oxygen atoms in total. The number of hydrogen-bond donors (Lipinski definition) is 1. The van der Waals surface area contributed by atoms with Crippen molar-refractivity contribution in [1.29, 1.82) is 0 Å². The van der Waals surface area contributed by atoms with Crippen molar-refractivity contribution in [2.24, 2.45) is 0 Å². The lowest BCUT2D eigenvalue weighted by Gasteiger charge is -2.47. The highest BCUT2D eigenvalue weighted by Crippen LogP contribution is 2.50. The number of fused-ring (bicyclic) bond motifs is 2. The number of nitrogens with zero attached hydrogens (tertiary/aromatic N) is 2. The number of rotatable bonds is 3. The van der Waals surface area contributed by atoms with Crippen molar-refractivity contribution in [2.75, 3.05) is 13.2 Å². The van der Waals surface area contributed by atoms with Crippen LogP contribution in [0.3, 0.4) is 0 Å². The Hall–Kier alpha value is -1.31. The smallest absolute Gasteiger partial charge is 0.141 e. The molecule has 2 aromatic rings. The fourth-order valence-electron chi connectivity index (χ4n) is 3.90. The molecule has 2 aromatic heterocycles. The predicted octanol–water partition coefficient (Wildman–Crippen LogP) is 4.05. The van der Waals surface area contributed by atoms with Gasteiger partial charge in [-0.05, 0) is 24.6 Å². The zero-order valence-electron chi connectivity index (χ0n) is 14.2. The molecule has 0 aliphatic carbocycles. The molecular weight excluding hydrogens is 375 g/mol. The van der Waals surface area contributed by atoms with E-state index in [0.717, 1.165) is 35.5 Å². The lowest BCUT2D eigenvalue weighted by atomic mass is 9.81. The Morgan fingerprint density at radius 1 is 1.54 bits per heavy atom. The van der Waals surface area contributed by atoms with Crippen molar-refractivity contribution in [2.45, 2.75) is 37.1 Å². The molecule has 138 valence electrons. The number of aliphatic hydroxyl groups excluding tert-OH is 1. The summed E-state index contributed by atoms with van der Waals surface area (Å²) in [6, 6.07) is 5.10. The standard InChI is InChI=1S/C19H20ClFN2O2S/c1-2-14-8-19(18-15(7-17(20)26-18)16(24)11-25-19)5-6-23(14)10-13-4-3-12(21)9-22-13/h2-4,7,9,14,16,24H,1,5-6,8,10-11H2/t14-,16-,19+/m0/s1. The SMILES string of the molecule is C=C[C@H]1C[C@@]2(CCN1Cc1ccc(F)cn1)OC[C@H](O)c1cc(Cl)sc12. The van der Waals surface area contributed by atoms with Gasteiger partial charge in [0.15, 0.2) is 0 Å². The van der Waals surface area contributed by atoms with Gasteiger partial charge in [-0.1, -0.05) is 17.7 Å². The number of halogens is 2. The number of pyridine rings is 1. The normalized spacial score (nSPS) is 28.9. The van der Waals surface area contributed by atoms with Crippen LogP contribution in [0.1, 0.15) is 35.1 Å². The fraction of sp³-hybridized carbons (Fsp3) is 0.421. The summed E-state index contributed by atoms with van der Waals surface area (Å²) in [5.74, 6) is -0.331. The number of aliphatic hydroxyl groups is 1. The van der Waals surface area contributed by atoms with E-state index >= 15 is 0 Å². The minimum Gasteiger partial charge on any atom is -0.386 e. The lowest BCUT2D eigenvalue weighted by Crippen LogP contribution is -2.50. The van der Waals surface area contributed by atoms with Gasteiger partial charge >= 0.3 is 0 Å². The molecule has 0 saturated carbocycles. The van der Waals surface area contributed by atoms with Gasteiger partial charge in [0.1, 0.15) is 17.5 Å². The zero-order chi connectivity index (χ0) is 18.3. The van der Waals surface area contributed by atoms with Gasteiger partial charge in [-0.25, -0.2) is 4.39 Å². The van der Waals surface area contributed by atoms with E-state index in [9.17, 15) is 9.50 Å². The van der Waals surface area contributed by atoms with Crippen LogP contribution in [0.15, 0.2) is 37.1 Å². The van der Waals surface area contributed by atoms with E-state index in [1.807, 2.05) is 12.1 Å². The molecule has 0 unspecified atom stereocenters. The molecule has 1 saturated heterocycles. The topological polar surface area (TPSA) is 45.6 Å². The van der Waals surface area contributed by atoms with Crippen LogP contribution in [0.5, 0.6) is 0 Å². The van der Waals surface area contributed by atoms with E-state index in [1.165, 1.54) is 23.6 Å². The van der Waals surface area contributed by atoms with Crippen LogP contribution in [0, 0.1) is 5.82 Å². The summed E-state index contributed by atoms with van der Waals surface area (Å²) in [5, 5.41) is 10.2. The maximum absolute atomic E-state index is 13.1. The number of hydrogen-bond acceptors (Lipinski definition) is 5. The van der Waals surface area contributed by atoms with E-state index in [4.69, 9.17) is 16.3 Å². The highest BCUT2D eigenvalue weighted by molar-refractivity contribution is 7.16. The predicted molar refractivity (Wildman–Crippen MR) is 99.7 cm³/mol. The molecule has 0 radical (unpaired) electrons. The van der Waals surface area contributed by atoms with Gasteiger partial charge in [-0.2, -0.15) is 0 Å².